The fraction of sp³-hybridized carbons (Fsp3) is 0.240. The maximum Gasteiger partial charge on any atom is 0.305 e. The number of nitrogens with one attached hydrogen (secondary N) is 1. The molecule has 0 aliphatic carbocycles. The molecule has 8 nitrogen and oxygen atoms in total. The summed E-state index contributed by atoms with van der Waals surface area (Å²) in [5.74, 6) is 2.62. The monoisotopic (exact) mass is 482 g/mol. The molecule has 0 spiro atoms. The summed E-state index contributed by atoms with van der Waals surface area (Å²) in [6.07, 6.45) is 3.02. The Bertz CT molecular complexity index is 1260. The van der Waals surface area contributed by atoms with E-state index in [0.29, 0.717) is 41.4 Å². The number of H-pyrrole nitrogens is 1. The topological polar surface area (TPSA) is 95.8 Å². The van der Waals surface area contributed by atoms with E-state index >= 15 is 0 Å². The third kappa shape index (κ3) is 5.67. The number of hydrogen-bond acceptors (Lipinski definition) is 7. The van der Waals surface area contributed by atoms with E-state index in [1.165, 1.54) is 13.3 Å². The van der Waals surface area contributed by atoms with Crippen molar-refractivity contribution in [3.05, 3.63) is 60.8 Å². The molecule has 1 N–H and O–H groups in total. The van der Waals surface area contributed by atoms with Gasteiger partial charge >= 0.3 is 5.95 Å². The predicted octanol–water partition coefficient (Wildman–Crippen LogP) is 5.29. The van der Waals surface area contributed by atoms with Gasteiger partial charge < -0.3 is 28.3 Å². The van der Waals surface area contributed by atoms with E-state index in [1.807, 2.05) is 37.3 Å². The van der Waals surface area contributed by atoms with Crippen LogP contribution in [0.2, 0.25) is 0 Å². The molecule has 9 heteroatoms. The van der Waals surface area contributed by atoms with Crippen molar-refractivity contribution in [2.45, 2.75) is 17.9 Å². The fourth-order valence-electron chi connectivity index (χ4n) is 3.36. The number of ether oxygens (including phenoxy) is 4. The first-order valence-corrected chi connectivity index (χ1v) is 12.1. The molecule has 2 heterocycles. The number of benzene rings is 2. The van der Waals surface area contributed by atoms with Crippen molar-refractivity contribution in [1.29, 1.82) is 0 Å². The quantitative estimate of drug-likeness (QED) is 0.328. The largest absolute Gasteiger partial charge is 0.488 e. The van der Waals surface area contributed by atoms with Crippen LogP contribution >= 0.6 is 0 Å². The lowest BCUT2D eigenvalue weighted by Crippen LogP contribution is -2.17. The molecule has 0 saturated heterocycles. The van der Waals surface area contributed by atoms with Gasteiger partial charge in [-0.15, -0.1) is 0 Å². The normalized spacial score (nSPS) is 12.8. The summed E-state index contributed by atoms with van der Waals surface area (Å²) in [5, 5.41) is 0. The van der Waals surface area contributed by atoms with Gasteiger partial charge in [0, 0.05) is 46.4 Å². The summed E-state index contributed by atoms with van der Waals surface area (Å²) >= 11 is 0. The van der Waals surface area contributed by atoms with E-state index in [-0.39, 0.29) is 6.10 Å². The van der Waals surface area contributed by atoms with E-state index in [2.05, 4.69) is 9.97 Å². The van der Waals surface area contributed by atoms with Gasteiger partial charge in [-0.2, -0.15) is 0 Å². The smallest absolute Gasteiger partial charge is 0.305 e. The van der Waals surface area contributed by atoms with Crippen LogP contribution in [-0.2, 0) is 15.5 Å². The molecule has 0 aliphatic heterocycles. The Balaban J connectivity index is 1.65. The molecule has 4 aromatic rings. The van der Waals surface area contributed by atoms with Crippen LogP contribution in [0.15, 0.2) is 70.1 Å². The van der Waals surface area contributed by atoms with Crippen LogP contribution in [0.1, 0.15) is 6.92 Å². The van der Waals surface area contributed by atoms with E-state index in [1.54, 1.807) is 37.6 Å². The zero-order valence-electron chi connectivity index (χ0n) is 19.4. The maximum atomic E-state index is 11.7. The molecule has 34 heavy (non-hydrogen) atoms. The van der Waals surface area contributed by atoms with Crippen molar-refractivity contribution in [2.24, 2.45) is 0 Å². The highest BCUT2D eigenvalue weighted by Gasteiger charge is 2.14. The lowest BCUT2D eigenvalue weighted by molar-refractivity contribution is 0.0920. The molecular weight excluding hydrogens is 456 g/mol. The number of oxazole rings is 1. The first kappa shape index (κ1) is 23.6. The van der Waals surface area contributed by atoms with Crippen LogP contribution in [0.25, 0.3) is 22.8 Å². The van der Waals surface area contributed by atoms with Crippen molar-refractivity contribution >= 4 is 10.8 Å². The lowest BCUT2D eigenvalue weighted by atomic mass is 10.1. The molecule has 178 valence electrons. The van der Waals surface area contributed by atoms with Crippen molar-refractivity contribution in [1.82, 2.24) is 9.97 Å². The van der Waals surface area contributed by atoms with Crippen molar-refractivity contribution in [3.63, 3.8) is 0 Å². The Morgan fingerprint density at radius 1 is 1.00 bits per heavy atom. The van der Waals surface area contributed by atoms with Crippen LogP contribution in [0.5, 0.6) is 23.2 Å². The van der Waals surface area contributed by atoms with Gasteiger partial charge in [0.25, 0.3) is 0 Å². The van der Waals surface area contributed by atoms with Crippen molar-refractivity contribution in [3.8, 4) is 46.0 Å². The number of aromatic amines is 1. The Morgan fingerprint density at radius 2 is 1.74 bits per heavy atom. The summed E-state index contributed by atoms with van der Waals surface area (Å²) in [5.41, 5.74) is 2.40. The summed E-state index contributed by atoms with van der Waals surface area (Å²) in [6, 6.07) is 16.6. The van der Waals surface area contributed by atoms with E-state index in [9.17, 15) is 4.21 Å². The first-order chi connectivity index (χ1) is 16.4. The summed E-state index contributed by atoms with van der Waals surface area (Å²) < 4.78 is 39.6. The molecule has 0 fully saturated rings. The van der Waals surface area contributed by atoms with E-state index in [4.69, 9.17) is 23.4 Å². The Kier molecular flexibility index (Phi) is 7.34. The van der Waals surface area contributed by atoms with Crippen LogP contribution in [0.3, 0.4) is 0 Å². The van der Waals surface area contributed by atoms with Gasteiger partial charge in [-0.3, -0.25) is 4.21 Å². The lowest BCUT2D eigenvalue weighted by Gasteiger charge is -2.16. The second-order valence-corrected chi connectivity index (χ2v) is 8.96. The minimum absolute atomic E-state index is 0.147. The highest BCUT2D eigenvalue weighted by Crippen LogP contribution is 2.34. The van der Waals surface area contributed by atoms with Gasteiger partial charge in [0.1, 0.15) is 35.2 Å². The van der Waals surface area contributed by atoms with Crippen LogP contribution in [-0.4, -0.2) is 47.4 Å². The molecule has 2 aromatic heterocycles. The number of aromatic nitrogens is 2. The van der Waals surface area contributed by atoms with Gasteiger partial charge in [0.05, 0.1) is 13.7 Å². The minimum atomic E-state index is -1.05. The minimum Gasteiger partial charge on any atom is -0.488 e. The highest BCUT2D eigenvalue weighted by atomic mass is 32.2. The van der Waals surface area contributed by atoms with Gasteiger partial charge in [-0.05, 0) is 55.5 Å². The van der Waals surface area contributed by atoms with E-state index in [0.717, 1.165) is 16.2 Å². The molecule has 0 saturated carbocycles. The number of rotatable bonds is 10. The van der Waals surface area contributed by atoms with E-state index < -0.39 is 10.8 Å². The van der Waals surface area contributed by atoms with Gasteiger partial charge in [0.15, 0.2) is 0 Å². The third-order valence-electron chi connectivity index (χ3n) is 4.92. The molecule has 4 rings (SSSR count). The Morgan fingerprint density at radius 3 is 2.41 bits per heavy atom. The second-order valence-electron chi connectivity index (χ2n) is 7.58. The zero-order valence-corrected chi connectivity index (χ0v) is 20.2. The molecule has 0 radical (unpaired) electrons. The molecule has 0 aliphatic rings. The third-order valence-corrected chi connectivity index (χ3v) is 5.86. The highest BCUT2D eigenvalue weighted by molar-refractivity contribution is 7.84. The summed E-state index contributed by atoms with van der Waals surface area (Å²) in [7, 11) is 2.11. The summed E-state index contributed by atoms with van der Waals surface area (Å²) in [6.45, 7) is 2.39. The number of hydrogen-bond donors (Lipinski definition) is 1. The number of methoxy groups -OCH3 is 2. The summed E-state index contributed by atoms with van der Waals surface area (Å²) in [4.78, 5) is 8.28. The maximum absolute atomic E-state index is 11.7. The van der Waals surface area contributed by atoms with Crippen molar-refractivity contribution < 1.29 is 27.6 Å². The van der Waals surface area contributed by atoms with Crippen LogP contribution in [0, 0.1) is 0 Å². The number of nitrogens with zero attached hydrogens (tertiary/aromatic N) is 1. The zero-order chi connectivity index (χ0) is 24.1. The molecular formula is C25H26N2O6S. The molecule has 0 amide bonds. The SMILES string of the molecule is COC[C@H](C)Oc1cc(Oc2ccc(S(C)=O)cc2)cc(-c2ccc(-c3ncc(OC)o3)[nH]2)c1. The van der Waals surface area contributed by atoms with Crippen LogP contribution < -0.4 is 14.2 Å². The molecule has 1 unspecified atom stereocenters. The first-order valence-electron chi connectivity index (χ1n) is 10.6. The van der Waals surface area contributed by atoms with Gasteiger partial charge in [-0.25, -0.2) is 4.98 Å². The van der Waals surface area contributed by atoms with Crippen LogP contribution in [0.4, 0.5) is 0 Å². The van der Waals surface area contributed by atoms with Gasteiger partial charge in [0.2, 0.25) is 5.89 Å². The predicted molar refractivity (Wildman–Crippen MR) is 129 cm³/mol. The molecule has 0 bridgehead atoms. The molecule has 2 aromatic carbocycles. The Hall–Kier alpha value is -3.56. The van der Waals surface area contributed by atoms with Gasteiger partial charge in [-0.1, -0.05) is 0 Å². The molecule has 2 atom stereocenters. The average Bonchev–Trinajstić information content (AvgIpc) is 3.49. The van der Waals surface area contributed by atoms with Crippen molar-refractivity contribution in [2.75, 3.05) is 27.1 Å². The standard InChI is InChI=1S/C25H26N2O6S/c1-16(15-29-2)31-19-11-17(22-9-10-23(27-22)25-26-14-24(30-3)33-25)12-20(13-19)32-18-5-7-21(8-6-18)34(4)28/h5-14,16,27H,15H2,1-4H3/t16-,34?/m0/s1. The fourth-order valence-corrected chi connectivity index (χ4v) is 3.88. The Labute approximate surface area is 200 Å². The average molecular weight is 483 g/mol. The second kappa shape index (κ2) is 10.6.